The highest BCUT2D eigenvalue weighted by Crippen LogP contribution is 2.27. The third-order valence-electron chi connectivity index (χ3n) is 3.27. The van der Waals surface area contributed by atoms with Crippen molar-refractivity contribution in [1.29, 1.82) is 0 Å². The number of nitrogens with zero attached hydrogens (tertiary/aromatic N) is 1. The number of rotatable bonds is 6. The molecule has 3 nitrogen and oxygen atoms in total. The van der Waals surface area contributed by atoms with Crippen LogP contribution in [0.2, 0.25) is 5.02 Å². The van der Waals surface area contributed by atoms with Crippen LogP contribution in [-0.2, 0) is 6.54 Å². The van der Waals surface area contributed by atoms with Crippen LogP contribution in [0.5, 0.6) is 0 Å². The fourth-order valence-electron chi connectivity index (χ4n) is 2.26. The number of furan rings is 1. The van der Waals surface area contributed by atoms with Crippen LogP contribution < -0.4 is 5.73 Å². The molecule has 1 aromatic heterocycles. The summed E-state index contributed by atoms with van der Waals surface area (Å²) < 4.78 is 5.41. The van der Waals surface area contributed by atoms with Crippen molar-refractivity contribution >= 4 is 11.6 Å². The monoisotopic (exact) mass is 278 g/mol. The van der Waals surface area contributed by atoms with Crippen LogP contribution in [0.3, 0.4) is 0 Å². The minimum absolute atomic E-state index is 0.101. The molecular formula is C15H19ClN2O. The van der Waals surface area contributed by atoms with Gasteiger partial charge < -0.3 is 10.2 Å². The molecule has 4 heteroatoms. The fraction of sp³-hybridized carbons (Fsp3) is 0.333. The molecule has 1 heterocycles. The van der Waals surface area contributed by atoms with Crippen LogP contribution in [0.4, 0.5) is 0 Å². The maximum atomic E-state index is 6.28. The van der Waals surface area contributed by atoms with Crippen LogP contribution in [0, 0.1) is 0 Å². The summed E-state index contributed by atoms with van der Waals surface area (Å²) >= 11 is 6.28. The molecule has 0 saturated heterocycles. The maximum Gasteiger partial charge on any atom is 0.117 e. The van der Waals surface area contributed by atoms with Gasteiger partial charge in [-0.3, -0.25) is 4.90 Å². The fourth-order valence-corrected chi connectivity index (χ4v) is 2.52. The molecule has 19 heavy (non-hydrogen) atoms. The summed E-state index contributed by atoms with van der Waals surface area (Å²) in [6.07, 6.45) is 1.69. The van der Waals surface area contributed by atoms with Gasteiger partial charge in [-0.1, -0.05) is 36.7 Å². The Morgan fingerprint density at radius 2 is 2.05 bits per heavy atom. The van der Waals surface area contributed by atoms with Crippen molar-refractivity contribution in [3.63, 3.8) is 0 Å². The van der Waals surface area contributed by atoms with E-state index in [1.54, 1.807) is 6.26 Å². The third-order valence-corrected chi connectivity index (χ3v) is 3.62. The molecule has 0 bridgehead atoms. The third kappa shape index (κ3) is 3.38. The topological polar surface area (TPSA) is 42.4 Å². The zero-order valence-corrected chi connectivity index (χ0v) is 11.8. The summed E-state index contributed by atoms with van der Waals surface area (Å²) in [6.45, 7) is 4.26. The van der Waals surface area contributed by atoms with E-state index in [0.717, 1.165) is 29.4 Å². The summed E-state index contributed by atoms with van der Waals surface area (Å²) in [6, 6.07) is 11.8. The minimum atomic E-state index is 0.101. The van der Waals surface area contributed by atoms with Gasteiger partial charge in [-0.25, -0.2) is 0 Å². The quantitative estimate of drug-likeness (QED) is 0.880. The standard InChI is InChI=1S/C15H19ClN2O/c1-2-18(11-12-6-5-9-19-12)15(10-17)13-7-3-4-8-14(13)16/h3-9,15H,2,10-11,17H2,1H3. The average molecular weight is 279 g/mol. The maximum absolute atomic E-state index is 6.28. The summed E-state index contributed by atoms with van der Waals surface area (Å²) in [5, 5.41) is 0.760. The summed E-state index contributed by atoms with van der Waals surface area (Å²) in [7, 11) is 0. The Labute approximate surface area is 119 Å². The Morgan fingerprint density at radius 3 is 2.63 bits per heavy atom. The molecule has 0 aliphatic heterocycles. The van der Waals surface area contributed by atoms with Gasteiger partial charge in [-0.05, 0) is 30.3 Å². The van der Waals surface area contributed by atoms with Crippen LogP contribution >= 0.6 is 11.6 Å². The molecular weight excluding hydrogens is 260 g/mol. The number of halogens is 1. The van der Waals surface area contributed by atoms with E-state index in [9.17, 15) is 0 Å². The van der Waals surface area contributed by atoms with Crippen molar-refractivity contribution in [3.05, 3.63) is 59.0 Å². The van der Waals surface area contributed by atoms with Gasteiger partial charge in [0.05, 0.1) is 12.8 Å². The normalized spacial score (nSPS) is 12.8. The summed E-state index contributed by atoms with van der Waals surface area (Å²) in [5.41, 5.74) is 7.02. The van der Waals surface area contributed by atoms with E-state index in [-0.39, 0.29) is 6.04 Å². The Bertz CT molecular complexity index is 499. The van der Waals surface area contributed by atoms with Gasteiger partial charge in [0.2, 0.25) is 0 Å². The van der Waals surface area contributed by atoms with Gasteiger partial charge in [-0.15, -0.1) is 0 Å². The van der Waals surface area contributed by atoms with E-state index >= 15 is 0 Å². The van der Waals surface area contributed by atoms with E-state index in [0.29, 0.717) is 6.54 Å². The van der Waals surface area contributed by atoms with Gasteiger partial charge in [0.1, 0.15) is 5.76 Å². The van der Waals surface area contributed by atoms with Crippen LogP contribution in [-0.4, -0.2) is 18.0 Å². The van der Waals surface area contributed by atoms with Crippen molar-refractivity contribution < 1.29 is 4.42 Å². The van der Waals surface area contributed by atoms with Crippen LogP contribution in [0.25, 0.3) is 0 Å². The first-order valence-electron chi connectivity index (χ1n) is 6.47. The molecule has 0 saturated carbocycles. The molecule has 1 unspecified atom stereocenters. The van der Waals surface area contributed by atoms with Gasteiger partial charge in [0, 0.05) is 17.6 Å². The first-order valence-corrected chi connectivity index (χ1v) is 6.85. The molecule has 0 fully saturated rings. The zero-order valence-electron chi connectivity index (χ0n) is 11.1. The van der Waals surface area contributed by atoms with E-state index < -0.39 is 0 Å². The highest BCUT2D eigenvalue weighted by atomic mass is 35.5. The number of likely N-dealkylation sites (N-methyl/N-ethyl adjacent to an activating group) is 1. The number of benzene rings is 1. The number of hydrogen-bond donors (Lipinski definition) is 1. The van der Waals surface area contributed by atoms with Crippen molar-refractivity contribution in [2.45, 2.75) is 19.5 Å². The van der Waals surface area contributed by atoms with Gasteiger partial charge >= 0.3 is 0 Å². The molecule has 102 valence electrons. The van der Waals surface area contributed by atoms with E-state index in [1.807, 2.05) is 36.4 Å². The molecule has 2 N–H and O–H groups in total. The zero-order chi connectivity index (χ0) is 13.7. The highest BCUT2D eigenvalue weighted by Gasteiger charge is 2.20. The van der Waals surface area contributed by atoms with Crippen molar-refractivity contribution in [1.82, 2.24) is 4.90 Å². The Balaban J connectivity index is 2.21. The average Bonchev–Trinajstić information content (AvgIpc) is 2.93. The molecule has 2 aromatic rings. The predicted molar refractivity (Wildman–Crippen MR) is 78.0 cm³/mol. The predicted octanol–water partition coefficient (Wildman–Crippen LogP) is 3.45. The Kier molecular flexibility index (Phi) is 5.02. The Hall–Kier alpha value is -1.29. The lowest BCUT2D eigenvalue weighted by Gasteiger charge is -2.30. The van der Waals surface area contributed by atoms with Crippen molar-refractivity contribution in [2.24, 2.45) is 5.73 Å². The lowest BCUT2D eigenvalue weighted by molar-refractivity contribution is 0.188. The highest BCUT2D eigenvalue weighted by molar-refractivity contribution is 6.31. The van der Waals surface area contributed by atoms with Crippen molar-refractivity contribution in [2.75, 3.05) is 13.1 Å². The number of hydrogen-bond acceptors (Lipinski definition) is 3. The lowest BCUT2D eigenvalue weighted by Crippen LogP contribution is -2.33. The molecule has 0 aliphatic carbocycles. The van der Waals surface area contributed by atoms with E-state index in [4.69, 9.17) is 21.8 Å². The van der Waals surface area contributed by atoms with E-state index in [1.165, 1.54) is 0 Å². The largest absolute Gasteiger partial charge is 0.468 e. The second-order valence-corrected chi connectivity index (χ2v) is 4.82. The van der Waals surface area contributed by atoms with Crippen LogP contribution in [0.1, 0.15) is 24.3 Å². The summed E-state index contributed by atoms with van der Waals surface area (Å²) in [5.74, 6) is 0.937. The second kappa shape index (κ2) is 6.75. The number of nitrogens with two attached hydrogens (primary N) is 1. The first-order chi connectivity index (χ1) is 9.26. The van der Waals surface area contributed by atoms with Crippen LogP contribution in [0.15, 0.2) is 47.1 Å². The minimum Gasteiger partial charge on any atom is -0.468 e. The first kappa shape index (κ1) is 14.1. The molecule has 0 radical (unpaired) electrons. The Morgan fingerprint density at radius 1 is 1.26 bits per heavy atom. The second-order valence-electron chi connectivity index (χ2n) is 4.42. The molecule has 1 aromatic carbocycles. The van der Waals surface area contributed by atoms with Gasteiger partial charge in [0.25, 0.3) is 0 Å². The van der Waals surface area contributed by atoms with Gasteiger partial charge in [-0.2, -0.15) is 0 Å². The lowest BCUT2D eigenvalue weighted by atomic mass is 10.0. The van der Waals surface area contributed by atoms with Crippen molar-refractivity contribution in [3.8, 4) is 0 Å². The van der Waals surface area contributed by atoms with E-state index in [2.05, 4.69) is 11.8 Å². The molecule has 0 aliphatic rings. The summed E-state index contributed by atoms with van der Waals surface area (Å²) in [4.78, 5) is 2.26. The molecule has 2 rings (SSSR count). The molecule has 0 spiro atoms. The molecule has 0 amide bonds. The smallest absolute Gasteiger partial charge is 0.117 e. The SMILES string of the molecule is CCN(Cc1ccco1)C(CN)c1ccccc1Cl. The molecule has 1 atom stereocenters. The van der Waals surface area contributed by atoms with Gasteiger partial charge in [0.15, 0.2) is 0 Å².